The highest BCUT2D eigenvalue weighted by Crippen LogP contribution is 2.12. The Morgan fingerprint density at radius 2 is 1.72 bits per heavy atom. The van der Waals surface area contributed by atoms with Crippen LogP contribution in [0.3, 0.4) is 0 Å². The normalized spacial score (nSPS) is 10.5. The zero-order valence-corrected chi connectivity index (χ0v) is 14.0. The first-order chi connectivity index (χ1) is 12.1. The molecule has 3 rings (SSSR count). The van der Waals surface area contributed by atoms with Crippen molar-refractivity contribution in [2.45, 2.75) is 6.54 Å². The van der Waals surface area contributed by atoms with Gasteiger partial charge >= 0.3 is 11.4 Å². The highest BCUT2D eigenvalue weighted by atomic mass is 16.5. The van der Waals surface area contributed by atoms with Gasteiger partial charge in [-0.2, -0.15) is 4.98 Å². The first-order valence-electron chi connectivity index (χ1n) is 7.72. The number of aromatic nitrogens is 3. The van der Waals surface area contributed by atoms with E-state index in [0.717, 1.165) is 15.9 Å². The molecule has 7 nitrogen and oxygen atoms in total. The van der Waals surface area contributed by atoms with Crippen LogP contribution in [0.1, 0.15) is 5.56 Å². The standard InChI is InChI=1S/C18H18N4O3/c1-21-16(19-12-13-8-10-15(25-2)11-9-13)20-17(23)22(18(21)24)14-6-4-3-5-7-14/h3-11H,12H2,1-2H3,(H,19,20,23). The van der Waals surface area contributed by atoms with Crippen molar-refractivity contribution in [1.82, 2.24) is 14.1 Å². The quantitative estimate of drug-likeness (QED) is 0.764. The number of nitrogens with zero attached hydrogens (tertiary/aromatic N) is 3. The molecule has 2 aromatic carbocycles. The second kappa shape index (κ2) is 7.04. The highest BCUT2D eigenvalue weighted by Gasteiger charge is 2.11. The molecule has 0 amide bonds. The van der Waals surface area contributed by atoms with Crippen LogP contribution in [0.4, 0.5) is 5.95 Å². The van der Waals surface area contributed by atoms with Gasteiger partial charge in [-0.3, -0.25) is 4.57 Å². The van der Waals surface area contributed by atoms with Crippen LogP contribution in [-0.2, 0) is 13.6 Å². The monoisotopic (exact) mass is 338 g/mol. The van der Waals surface area contributed by atoms with Gasteiger partial charge in [0, 0.05) is 13.6 Å². The minimum absolute atomic E-state index is 0.220. The lowest BCUT2D eigenvalue weighted by Gasteiger charge is -2.12. The summed E-state index contributed by atoms with van der Waals surface area (Å²) in [5.74, 6) is 0.984. The van der Waals surface area contributed by atoms with Gasteiger partial charge in [-0.05, 0) is 29.8 Å². The lowest BCUT2D eigenvalue weighted by atomic mass is 10.2. The Kier molecular flexibility index (Phi) is 4.65. The molecule has 1 heterocycles. The fourth-order valence-corrected chi connectivity index (χ4v) is 2.42. The fraction of sp³-hybridized carbons (Fsp3) is 0.167. The maximum absolute atomic E-state index is 12.5. The highest BCUT2D eigenvalue weighted by molar-refractivity contribution is 5.34. The van der Waals surface area contributed by atoms with E-state index < -0.39 is 11.4 Å². The number of methoxy groups -OCH3 is 1. The molecule has 1 N–H and O–H groups in total. The van der Waals surface area contributed by atoms with Gasteiger partial charge in [-0.1, -0.05) is 30.3 Å². The molecule has 0 aliphatic carbocycles. The Morgan fingerprint density at radius 3 is 2.36 bits per heavy atom. The molecule has 0 radical (unpaired) electrons. The third-order valence-corrected chi connectivity index (χ3v) is 3.81. The van der Waals surface area contributed by atoms with Crippen LogP contribution < -0.4 is 21.4 Å². The van der Waals surface area contributed by atoms with Crippen LogP contribution >= 0.6 is 0 Å². The summed E-state index contributed by atoms with van der Waals surface area (Å²) in [6.07, 6.45) is 0. The minimum atomic E-state index is -0.619. The molecule has 1 aromatic heterocycles. The van der Waals surface area contributed by atoms with Crippen molar-refractivity contribution in [1.29, 1.82) is 0 Å². The number of ether oxygens (including phenoxy) is 1. The van der Waals surface area contributed by atoms with E-state index in [0.29, 0.717) is 12.2 Å². The Bertz CT molecular complexity index is 976. The Morgan fingerprint density at radius 1 is 1.04 bits per heavy atom. The summed E-state index contributed by atoms with van der Waals surface area (Å²) >= 11 is 0. The molecule has 128 valence electrons. The summed E-state index contributed by atoms with van der Waals surface area (Å²) < 4.78 is 7.47. The predicted octanol–water partition coefficient (Wildman–Crippen LogP) is 1.55. The zero-order chi connectivity index (χ0) is 17.8. The van der Waals surface area contributed by atoms with Crippen LogP contribution in [0.5, 0.6) is 5.75 Å². The van der Waals surface area contributed by atoms with Gasteiger partial charge < -0.3 is 10.1 Å². The van der Waals surface area contributed by atoms with E-state index in [1.807, 2.05) is 30.3 Å². The second-order valence-corrected chi connectivity index (χ2v) is 5.43. The van der Waals surface area contributed by atoms with Crippen LogP contribution in [0, 0.1) is 0 Å². The molecule has 0 unspecified atom stereocenters. The zero-order valence-electron chi connectivity index (χ0n) is 14.0. The smallest absolute Gasteiger partial charge is 0.359 e. The number of hydrogen-bond donors (Lipinski definition) is 1. The molecule has 0 aliphatic rings. The third kappa shape index (κ3) is 3.45. The summed E-state index contributed by atoms with van der Waals surface area (Å²) in [6, 6.07) is 16.2. The summed E-state index contributed by atoms with van der Waals surface area (Å²) in [5, 5.41) is 3.02. The second-order valence-electron chi connectivity index (χ2n) is 5.43. The van der Waals surface area contributed by atoms with Crippen LogP contribution in [-0.4, -0.2) is 21.2 Å². The SMILES string of the molecule is COc1ccc(CNc2nc(=O)n(-c3ccccc3)c(=O)n2C)cc1. The van der Waals surface area contributed by atoms with Crippen molar-refractivity contribution >= 4 is 5.95 Å². The van der Waals surface area contributed by atoms with Gasteiger partial charge in [0.15, 0.2) is 0 Å². The topological polar surface area (TPSA) is 78.2 Å². The summed E-state index contributed by atoms with van der Waals surface area (Å²) in [6.45, 7) is 0.430. The average Bonchev–Trinajstić information content (AvgIpc) is 2.65. The summed E-state index contributed by atoms with van der Waals surface area (Å²) in [7, 11) is 3.18. The molecule has 25 heavy (non-hydrogen) atoms. The molecule has 7 heteroatoms. The van der Waals surface area contributed by atoms with E-state index in [1.54, 1.807) is 38.4 Å². The molecule has 0 spiro atoms. The molecule has 0 saturated carbocycles. The summed E-state index contributed by atoms with van der Waals surface area (Å²) in [5.41, 5.74) is 0.388. The number of benzene rings is 2. The van der Waals surface area contributed by atoms with E-state index in [4.69, 9.17) is 4.74 Å². The van der Waals surface area contributed by atoms with Crippen molar-refractivity contribution in [3.8, 4) is 11.4 Å². The Hall–Kier alpha value is -3.35. The molecule has 0 saturated heterocycles. The van der Waals surface area contributed by atoms with Crippen LogP contribution in [0.25, 0.3) is 5.69 Å². The average molecular weight is 338 g/mol. The Labute approximate surface area is 144 Å². The van der Waals surface area contributed by atoms with Gasteiger partial charge in [-0.25, -0.2) is 14.2 Å². The number of nitrogens with one attached hydrogen (secondary N) is 1. The molecular weight excluding hydrogens is 320 g/mol. The molecular formula is C18H18N4O3. The van der Waals surface area contributed by atoms with Gasteiger partial charge in [0.1, 0.15) is 5.75 Å². The lowest BCUT2D eigenvalue weighted by molar-refractivity contribution is 0.414. The number of anilines is 1. The molecule has 0 aliphatic heterocycles. The maximum Gasteiger partial charge on any atom is 0.359 e. The predicted molar refractivity (Wildman–Crippen MR) is 95.4 cm³/mol. The van der Waals surface area contributed by atoms with Crippen molar-refractivity contribution in [3.05, 3.63) is 81.1 Å². The lowest BCUT2D eigenvalue weighted by Crippen LogP contribution is -2.40. The van der Waals surface area contributed by atoms with Crippen LogP contribution in [0.15, 0.2) is 64.2 Å². The molecule has 0 bridgehead atoms. The van der Waals surface area contributed by atoms with E-state index >= 15 is 0 Å². The van der Waals surface area contributed by atoms with Crippen molar-refractivity contribution < 1.29 is 4.74 Å². The fourth-order valence-electron chi connectivity index (χ4n) is 2.42. The first kappa shape index (κ1) is 16.5. The molecule has 0 fully saturated rings. The van der Waals surface area contributed by atoms with E-state index in [9.17, 15) is 9.59 Å². The van der Waals surface area contributed by atoms with Crippen LogP contribution in [0.2, 0.25) is 0 Å². The Balaban J connectivity index is 1.88. The van der Waals surface area contributed by atoms with E-state index in [2.05, 4.69) is 10.3 Å². The van der Waals surface area contributed by atoms with Gasteiger partial charge in [-0.15, -0.1) is 0 Å². The minimum Gasteiger partial charge on any atom is -0.497 e. The third-order valence-electron chi connectivity index (χ3n) is 3.81. The van der Waals surface area contributed by atoms with Crippen molar-refractivity contribution in [2.75, 3.05) is 12.4 Å². The van der Waals surface area contributed by atoms with E-state index in [1.165, 1.54) is 4.57 Å². The van der Waals surface area contributed by atoms with Gasteiger partial charge in [0.25, 0.3) is 0 Å². The maximum atomic E-state index is 12.5. The largest absolute Gasteiger partial charge is 0.497 e. The summed E-state index contributed by atoms with van der Waals surface area (Å²) in [4.78, 5) is 28.8. The molecule has 0 atom stereocenters. The van der Waals surface area contributed by atoms with E-state index in [-0.39, 0.29) is 5.95 Å². The van der Waals surface area contributed by atoms with Crippen molar-refractivity contribution in [2.24, 2.45) is 7.05 Å². The van der Waals surface area contributed by atoms with Gasteiger partial charge in [0.2, 0.25) is 5.95 Å². The van der Waals surface area contributed by atoms with Gasteiger partial charge in [0.05, 0.1) is 12.8 Å². The number of para-hydroxylation sites is 1. The van der Waals surface area contributed by atoms with Crippen molar-refractivity contribution in [3.63, 3.8) is 0 Å². The first-order valence-corrected chi connectivity index (χ1v) is 7.72. The number of rotatable bonds is 5. The number of hydrogen-bond acceptors (Lipinski definition) is 5. The molecule has 3 aromatic rings.